The molecule has 4 aromatic rings. The summed E-state index contributed by atoms with van der Waals surface area (Å²) in [7, 11) is 0. The number of fused-ring (bicyclic) bond motifs is 1. The highest BCUT2D eigenvalue weighted by atomic mass is 35.5. The molecule has 2 aliphatic heterocycles. The van der Waals surface area contributed by atoms with Crippen molar-refractivity contribution in [2.45, 2.75) is 68.5 Å². The van der Waals surface area contributed by atoms with Crippen LogP contribution in [0, 0.1) is 17.2 Å². The number of nitrogens with one attached hydrogen (secondary N) is 2. The van der Waals surface area contributed by atoms with E-state index in [4.69, 9.17) is 28.9 Å². The monoisotopic (exact) mass is 793 g/mol. The first kappa shape index (κ1) is 37.2. The first-order valence-corrected chi connectivity index (χ1v) is 19.1. The van der Waals surface area contributed by atoms with Crippen molar-refractivity contribution in [1.29, 1.82) is 5.26 Å². The second-order valence-corrected chi connectivity index (χ2v) is 16.2. The number of aromatic nitrogens is 3. The largest absolute Gasteiger partial charge is 0.369 e. The van der Waals surface area contributed by atoms with Gasteiger partial charge in [0.25, 0.3) is 17.7 Å². The van der Waals surface area contributed by atoms with Gasteiger partial charge in [0.1, 0.15) is 16.8 Å². The van der Waals surface area contributed by atoms with E-state index in [1.54, 1.807) is 71.0 Å². The average molecular weight is 795 g/mol. The van der Waals surface area contributed by atoms with Crippen LogP contribution in [-0.4, -0.2) is 67.6 Å². The highest BCUT2D eigenvalue weighted by Gasteiger charge is 2.57. The number of amides is 5. The summed E-state index contributed by atoms with van der Waals surface area (Å²) in [6.07, 6.45) is 6.19. The fraction of sp³-hybridized carbons (Fsp3) is 0.350. The number of imidazole rings is 1. The number of primary amides is 1. The number of piperidine rings is 1. The van der Waals surface area contributed by atoms with Crippen molar-refractivity contribution in [2.75, 3.05) is 18.0 Å². The smallest absolute Gasteiger partial charge is 0.270 e. The molecule has 286 valence electrons. The number of likely N-dealkylation sites (tertiary alicyclic amines) is 1. The van der Waals surface area contributed by atoms with Gasteiger partial charge in [-0.1, -0.05) is 35.3 Å². The molecule has 4 N–H and O–H groups in total. The zero-order valence-corrected chi connectivity index (χ0v) is 31.9. The van der Waals surface area contributed by atoms with Gasteiger partial charge in [-0.05, 0) is 93.5 Å². The maximum Gasteiger partial charge on any atom is 0.270 e. The number of hydrogen-bond donors (Lipinski definition) is 3. The first-order chi connectivity index (χ1) is 26.8. The third-order valence-electron chi connectivity index (χ3n) is 11.4. The molecule has 2 aromatic heterocycles. The van der Waals surface area contributed by atoms with E-state index in [0.29, 0.717) is 84.2 Å². The van der Waals surface area contributed by atoms with Crippen molar-refractivity contribution in [2.24, 2.45) is 11.7 Å². The lowest BCUT2D eigenvalue weighted by atomic mass is 9.91. The number of anilines is 2. The molecule has 2 saturated carbocycles. The van der Waals surface area contributed by atoms with E-state index >= 15 is 0 Å². The van der Waals surface area contributed by atoms with Gasteiger partial charge in [-0.15, -0.1) is 0 Å². The third-order valence-corrected chi connectivity index (χ3v) is 11.8. The van der Waals surface area contributed by atoms with Crippen LogP contribution in [0.1, 0.15) is 83.1 Å². The van der Waals surface area contributed by atoms with Gasteiger partial charge in [0.15, 0.2) is 0 Å². The van der Waals surface area contributed by atoms with Gasteiger partial charge in [-0.2, -0.15) is 5.26 Å². The Morgan fingerprint density at radius 1 is 0.929 bits per heavy atom. The molecule has 4 aliphatic rings. The summed E-state index contributed by atoms with van der Waals surface area (Å²) < 4.78 is 1.58. The van der Waals surface area contributed by atoms with Crippen LogP contribution >= 0.6 is 23.2 Å². The molecule has 2 aromatic carbocycles. The summed E-state index contributed by atoms with van der Waals surface area (Å²) in [4.78, 5) is 79.5. The van der Waals surface area contributed by atoms with Crippen LogP contribution in [0.4, 0.5) is 11.6 Å². The van der Waals surface area contributed by atoms with E-state index in [0.717, 1.165) is 5.56 Å². The van der Waals surface area contributed by atoms with Gasteiger partial charge in [0.2, 0.25) is 17.8 Å². The van der Waals surface area contributed by atoms with Gasteiger partial charge >= 0.3 is 0 Å². The van der Waals surface area contributed by atoms with Gasteiger partial charge in [-0.25, -0.2) is 9.88 Å². The molecule has 0 radical (unpaired) electrons. The third kappa shape index (κ3) is 6.54. The summed E-state index contributed by atoms with van der Waals surface area (Å²) in [5.41, 5.74) is 4.87. The number of nitrogens with two attached hydrogens (primary N) is 1. The molecule has 5 amide bonds. The topological polar surface area (TPSA) is 196 Å². The number of carbonyl (C=O) groups is 5. The van der Waals surface area contributed by atoms with Crippen molar-refractivity contribution in [3.05, 3.63) is 105 Å². The summed E-state index contributed by atoms with van der Waals surface area (Å²) >= 11 is 12.7. The van der Waals surface area contributed by atoms with Crippen LogP contribution in [-0.2, 0) is 31.9 Å². The molecule has 0 spiro atoms. The minimum atomic E-state index is -1.35. The highest BCUT2D eigenvalue weighted by Crippen LogP contribution is 2.48. The maximum atomic E-state index is 14.4. The van der Waals surface area contributed by atoms with Gasteiger partial charge in [0.05, 0.1) is 40.3 Å². The summed E-state index contributed by atoms with van der Waals surface area (Å²) in [6, 6.07) is 17.1. The highest BCUT2D eigenvalue weighted by molar-refractivity contribution is 6.35. The first-order valence-electron chi connectivity index (χ1n) is 18.3. The second-order valence-electron chi connectivity index (χ2n) is 15.3. The number of pyridine rings is 1. The number of benzene rings is 2. The van der Waals surface area contributed by atoms with E-state index in [9.17, 15) is 29.2 Å². The molecule has 14 nitrogen and oxygen atoms in total. The second kappa shape index (κ2) is 13.8. The fourth-order valence-corrected chi connectivity index (χ4v) is 8.31. The van der Waals surface area contributed by atoms with Gasteiger partial charge in [0, 0.05) is 41.7 Å². The predicted octanol–water partition coefficient (Wildman–Crippen LogP) is 4.50. The van der Waals surface area contributed by atoms with Crippen LogP contribution < -0.4 is 21.3 Å². The molecule has 0 bridgehead atoms. The van der Waals surface area contributed by atoms with Crippen LogP contribution in [0.5, 0.6) is 0 Å². The van der Waals surface area contributed by atoms with E-state index in [-0.39, 0.29) is 47.6 Å². The lowest BCUT2D eigenvalue weighted by Crippen LogP contribution is -2.52. The predicted molar refractivity (Wildman–Crippen MR) is 205 cm³/mol. The standard InChI is InChI=1S/C40H37Cl2N9O5/c1-38(19-23-2-4-24(20-43)5-3-23)36(56)50(29-17-27(41)16-28(42)18-29)37-46-22-30(51(37)38)33(53)47-40(12-13-40)35(55)48-39(10-11-39)31-7-6-26(21-45-31)34(54)49-14-8-25(9-15-49)32(44)52/h2-7,16-18,21-22,25H,8-15,19H2,1H3,(H2,44,52)(H,47,53)(H,48,55)/t38-/m1/s1. The Morgan fingerprint density at radius 3 is 2.18 bits per heavy atom. The van der Waals surface area contributed by atoms with E-state index in [1.807, 2.05) is 0 Å². The Labute approximate surface area is 332 Å². The lowest BCUT2D eigenvalue weighted by Gasteiger charge is -2.30. The van der Waals surface area contributed by atoms with Gasteiger partial charge < -0.3 is 21.3 Å². The van der Waals surface area contributed by atoms with Crippen LogP contribution in [0.3, 0.4) is 0 Å². The molecule has 16 heteroatoms. The molecular weight excluding hydrogens is 757 g/mol. The molecule has 8 rings (SSSR count). The van der Waals surface area contributed by atoms with Crippen molar-refractivity contribution < 1.29 is 24.0 Å². The quantitative estimate of drug-likeness (QED) is 0.209. The van der Waals surface area contributed by atoms with Gasteiger partial charge in [-0.3, -0.25) is 33.5 Å². The number of nitriles is 1. The molecule has 4 heterocycles. The number of nitrogens with zero attached hydrogens (tertiary/aromatic N) is 6. The molecule has 0 unspecified atom stereocenters. The Kier molecular flexibility index (Phi) is 9.13. The van der Waals surface area contributed by atoms with Crippen molar-refractivity contribution in [3.63, 3.8) is 0 Å². The van der Waals surface area contributed by atoms with Crippen LogP contribution in [0.2, 0.25) is 10.0 Å². The average Bonchev–Trinajstić information content (AvgIpc) is 4.09. The van der Waals surface area contributed by atoms with Crippen LogP contribution in [0.25, 0.3) is 0 Å². The Balaban J connectivity index is 1.01. The van der Waals surface area contributed by atoms with E-state index < -0.39 is 22.5 Å². The number of hydrogen-bond acceptors (Lipinski definition) is 8. The number of carbonyl (C=O) groups excluding carboxylic acids is 5. The number of rotatable bonds is 10. The summed E-state index contributed by atoms with van der Waals surface area (Å²) in [5.74, 6) is -1.87. The van der Waals surface area contributed by atoms with Crippen molar-refractivity contribution >= 4 is 64.4 Å². The van der Waals surface area contributed by atoms with E-state index in [2.05, 4.69) is 26.7 Å². The molecule has 3 fully saturated rings. The summed E-state index contributed by atoms with van der Waals surface area (Å²) in [5, 5.41) is 16.0. The number of halogens is 2. The Bertz CT molecular complexity index is 2320. The molecule has 1 atom stereocenters. The van der Waals surface area contributed by atoms with Crippen LogP contribution in [0.15, 0.2) is 67.0 Å². The minimum Gasteiger partial charge on any atom is -0.369 e. The van der Waals surface area contributed by atoms with E-state index in [1.165, 1.54) is 17.3 Å². The SMILES string of the molecule is C[C@@]1(Cc2ccc(C#N)cc2)C(=O)N(c2cc(Cl)cc(Cl)c2)c2ncc(C(=O)NC3(C(=O)NC4(c5ccc(C(=O)N6CCC(C(N)=O)CC6)cn5)CC4)CC3)n21. The Morgan fingerprint density at radius 2 is 1.61 bits per heavy atom. The molecular formula is C40H37Cl2N9O5. The minimum absolute atomic E-state index is 0.0844. The summed E-state index contributed by atoms with van der Waals surface area (Å²) in [6.45, 7) is 2.59. The zero-order chi connectivity index (χ0) is 39.6. The zero-order valence-electron chi connectivity index (χ0n) is 30.3. The Hall–Kier alpha value is -5.78. The van der Waals surface area contributed by atoms with Crippen molar-refractivity contribution in [3.8, 4) is 6.07 Å². The molecule has 2 aliphatic carbocycles. The van der Waals surface area contributed by atoms with Crippen molar-refractivity contribution in [1.82, 2.24) is 30.1 Å². The lowest BCUT2D eigenvalue weighted by molar-refractivity contribution is -0.125. The molecule has 56 heavy (non-hydrogen) atoms. The normalized spacial score (nSPS) is 20.5. The maximum absolute atomic E-state index is 14.4. The fourth-order valence-electron chi connectivity index (χ4n) is 7.80. The molecule has 1 saturated heterocycles.